The Bertz CT molecular complexity index is 1100. The standard InChI is InChI=1S/C26H30N4O3/c27-15-7-6-12-22(24(28)31)29-26(33)23(16-18-8-2-1-3-9-18)30-25(32)21-14-13-19-10-4-5-11-20(19)17-21/h1-5,8-11,13-14,17,22-23H,6-7,12,15-16,27H2,(H2,28,31)(H,29,33)(H,30,32)/t22-,23-/m0/s1. The highest BCUT2D eigenvalue weighted by molar-refractivity contribution is 6.01. The van der Waals surface area contributed by atoms with Gasteiger partial charge in [-0.25, -0.2) is 0 Å². The fraction of sp³-hybridized carbons (Fsp3) is 0.269. The lowest BCUT2D eigenvalue weighted by Crippen LogP contribution is -2.53. The number of hydrogen-bond donors (Lipinski definition) is 4. The fourth-order valence-electron chi connectivity index (χ4n) is 3.68. The monoisotopic (exact) mass is 446 g/mol. The molecule has 2 atom stereocenters. The van der Waals surface area contributed by atoms with Crippen LogP contribution in [0.25, 0.3) is 10.8 Å². The van der Waals surface area contributed by atoms with Crippen LogP contribution in [0.1, 0.15) is 35.2 Å². The molecular formula is C26H30N4O3. The zero-order valence-electron chi connectivity index (χ0n) is 18.5. The van der Waals surface area contributed by atoms with Crippen LogP contribution < -0.4 is 22.1 Å². The molecule has 3 aromatic rings. The average Bonchev–Trinajstić information content (AvgIpc) is 2.83. The molecule has 0 aliphatic heterocycles. The Morgan fingerprint density at radius 2 is 1.48 bits per heavy atom. The highest BCUT2D eigenvalue weighted by Crippen LogP contribution is 2.16. The Kier molecular flexibility index (Phi) is 8.55. The zero-order valence-corrected chi connectivity index (χ0v) is 18.5. The first-order chi connectivity index (χ1) is 16.0. The van der Waals surface area contributed by atoms with E-state index in [4.69, 9.17) is 11.5 Å². The van der Waals surface area contributed by atoms with Gasteiger partial charge in [0.25, 0.3) is 5.91 Å². The highest BCUT2D eigenvalue weighted by Gasteiger charge is 2.26. The van der Waals surface area contributed by atoms with Gasteiger partial charge in [-0.2, -0.15) is 0 Å². The molecule has 0 aliphatic carbocycles. The Balaban J connectivity index is 1.78. The van der Waals surface area contributed by atoms with E-state index in [1.165, 1.54) is 0 Å². The molecule has 3 rings (SSSR count). The molecule has 0 heterocycles. The normalized spacial score (nSPS) is 12.6. The first kappa shape index (κ1) is 23.9. The molecule has 0 saturated carbocycles. The molecule has 0 radical (unpaired) electrons. The average molecular weight is 447 g/mol. The van der Waals surface area contributed by atoms with Crippen molar-refractivity contribution in [2.45, 2.75) is 37.8 Å². The van der Waals surface area contributed by atoms with Gasteiger partial charge in [-0.05, 0) is 54.3 Å². The van der Waals surface area contributed by atoms with Crippen LogP contribution in [0, 0.1) is 0 Å². The van der Waals surface area contributed by atoms with Crippen LogP contribution in [-0.2, 0) is 16.0 Å². The summed E-state index contributed by atoms with van der Waals surface area (Å²) >= 11 is 0. The van der Waals surface area contributed by atoms with E-state index in [1.807, 2.05) is 60.7 Å². The van der Waals surface area contributed by atoms with E-state index >= 15 is 0 Å². The van der Waals surface area contributed by atoms with E-state index in [2.05, 4.69) is 10.6 Å². The summed E-state index contributed by atoms with van der Waals surface area (Å²) in [6, 6.07) is 20.8. The fourth-order valence-corrected chi connectivity index (χ4v) is 3.68. The summed E-state index contributed by atoms with van der Waals surface area (Å²) in [6.07, 6.45) is 2.07. The van der Waals surface area contributed by atoms with Crippen LogP contribution in [-0.4, -0.2) is 36.3 Å². The SMILES string of the molecule is NCCCC[C@H](NC(=O)[C@H](Cc1ccccc1)NC(=O)c1ccc2ccccc2c1)C(N)=O. The molecule has 0 aromatic heterocycles. The van der Waals surface area contributed by atoms with Crippen LogP contribution in [0.3, 0.4) is 0 Å². The van der Waals surface area contributed by atoms with Gasteiger partial charge in [0.2, 0.25) is 11.8 Å². The maximum atomic E-state index is 13.1. The number of nitrogens with one attached hydrogen (secondary N) is 2. The number of rotatable bonds is 11. The van der Waals surface area contributed by atoms with E-state index < -0.39 is 23.9 Å². The van der Waals surface area contributed by atoms with Crippen molar-refractivity contribution in [2.24, 2.45) is 11.5 Å². The van der Waals surface area contributed by atoms with Crippen molar-refractivity contribution >= 4 is 28.5 Å². The smallest absolute Gasteiger partial charge is 0.251 e. The predicted molar refractivity (Wildman–Crippen MR) is 129 cm³/mol. The largest absolute Gasteiger partial charge is 0.368 e. The molecule has 7 heteroatoms. The van der Waals surface area contributed by atoms with Crippen molar-refractivity contribution in [2.75, 3.05) is 6.54 Å². The van der Waals surface area contributed by atoms with Crippen molar-refractivity contribution in [3.63, 3.8) is 0 Å². The van der Waals surface area contributed by atoms with Crippen molar-refractivity contribution in [1.82, 2.24) is 10.6 Å². The quantitative estimate of drug-likeness (QED) is 0.337. The summed E-state index contributed by atoms with van der Waals surface area (Å²) < 4.78 is 0. The molecule has 0 fully saturated rings. The van der Waals surface area contributed by atoms with Crippen LogP contribution >= 0.6 is 0 Å². The maximum absolute atomic E-state index is 13.1. The van der Waals surface area contributed by atoms with Crippen molar-refractivity contribution < 1.29 is 14.4 Å². The molecule has 0 spiro atoms. The Morgan fingerprint density at radius 3 is 2.18 bits per heavy atom. The van der Waals surface area contributed by atoms with Gasteiger partial charge in [-0.15, -0.1) is 0 Å². The second-order valence-electron chi connectivity index (χ2n) is 8.03. The van der Waals surface area contributed by atoms with Gasteiger partial charge >= 0.3 is 0 Å². The molecular weight excluding hydrogens is 416 g/mol. The minimum atomic E-state index is -0.872. The molecule has 172 valence electrons. The van der Waals surface area contributed by atoms with Crippen LogP contribution in [0.15, 0.2) is 72.8 Å². The first-order valence-corrected chi connectivity index (χ1v) is 11.1. The molecule has 7 nitrogen and oxygen atoms in total. The third kappa shape index (κ3) is 6.89. The molecule has 6 N–H and O–H groups in total. The van der Waals surface area contributed by atoms with Crippen molar-refractivity contribution in [3.8, 4) is 0 Å². The summed E-state index contributed by atoms with van der Waals surface area (Å²) in [5.74, 6) is -1.43. The van der Waals surface area contributed by atoms with Gasteiger partial charge in [0.1, 0.15) is 12.1 Å². The van der Waals surface area contributed by atoms with E-state index in [1.54, 1.807) is 12.1 Å². The van der Waals surface area contributed by atoms with E-state index in [-0.39, 0.29) is 12.3 Å². The number of carbonyl (C=O) groups is 3. The number of benzene rings is 3. The number of hydrogen-bond acceptors (Lipinski definition) is 4. The second kappa shape index (κ2) is 11.8. The Labute approximate surface area is 193 Å². The lowest BCUT2D eigenvalue weighted by atomic mass is 10.0. The van der Waals surface area contributed by atoms with E-state index in [0.29, 0.717) is 24.9 Å². The number of unbranched alkanes of at least 4 members (excludes halogenated alkanes) is 1. The summed E-state index contributed by atoms with van der Waals surface area (Å²) in [7, 11) is 0. The minimum Gasteiger partial charge on any atom is -0.368 e. The topological polar surface area (TPSA) is 127 Å². The third-order valence-electron chi connectivity index (χ3n) is 5.52. The maximum Gasteiger partial charge on any atom is 0.251 e. The molecule has 0 unspecified atom stereocenters. The molecule has 3 aromatic carbocycles. The van der Waals surface area contributed by atoms with Gasteiger partial charge in [-0.1, -0.05) is 60.7 Å². The Hall–Kier alpha value is -3.71. The summed E-state index contributed by atoms with van der Waals surface area (Å²) in [5, 5.41) is 7.50. The number of nitrogens with two attached hydrogens (primary N) is 2. The summed E-state index contributed by atoms with van der Waals surface area (Å²) in [6.45, 7) is 0.498. The number of primary amides is 1. The Morgan fingerprint density at radius 1 is 0.788 bits per heavy atom. The predicted octanol–water partition coefficient (Wildman–Crippen LogP) is 2.28. The molecule has 0 aliphatic rings. The van der Waals surface area contributed by atoms with Crippen molar-refractivity contribution in [1.29, 1.82) is 0 Å². The van der Waals surface area contributed by atoms with Crippen molar-refractivity contribution in [3.05, 3.63) is 83.9 Å². The van der Waals surface area contributed by atoms with Gasteiger partial charge in [-0.3, -0.25) is 14.4 Å². The zero-order chi connectivity index (χ0) is 23.6. The number of carbonyl (C=O) groups excluding carboxylic acids is 3. The van der Waals surface area contributed by atoms with Crippen LogP contribution in [0.4, 0.5) is 0 Å². The highest BCUT2D eigenvalue weighted by atomic mass is 16.2. The molecule has 3 amide bonds. The van der Waals surface area contributed by atoms with Gasteiger partial charge in [0.05, 0.1) is 0 Å². The van der Waals surface area contributed by atoms with Gasteiger partial charge < -0.3 is 22.1 Å². The summed E-state index contributed by atoms with van der Waals surface area (Å²) in [5.41, 5.74) is 12.4. The number of amides is 3. The molecule has 0 saturated heterocycles. The third-order valence-corrected chi connectivity index (χ3v) is 5.52. The summed E-state index contributed by atoms with van der Waals surface area (Å²) in [4.78, 5) is 38.0. The number of fused-ring (bicyclic) bond motifs is 1. The second-order valence-corrected chi connectivity index (χ2v) is 8.03. The van der Waals surface area contributed by atoms with E-state index in [9.17, 15) is 14.4 Å². The lowest BCUT2D eigenvalue weighted by Gasteiger charge is -2.22. The van der Waals surface area contributed by atoms with Crippen LogP contribution in [0.2, 0.25) is 0 Å². The molecule has 0 bridgehead atoms. The minimum absolute atomic E-state index is 0.278. The van der Waals surface area contributed by atoms with Gasteiger partial charge in [0, 0.05) is 12.0 Å². The lowest BCUT2D eigenvalue weighted by molar-refractivity contribution is -0.128. The molecule has 33 heavy (non-hydrogen) atoms. The van der Waals surface area contributed by atoms with Crippen LogP contribution in [0.5, 0.6) is 0 Å². The first-order valence-electron chi connectivity index (χ1n) is 11.1. The van der Waals surface area contributed by atoms with E-state index in [0.717, 1.165) is 22.8 Å². The van der Waals surface area contributed by atoms with Gasteiger partial charge in [0.15, 0.2) is 0 Å².